The number of nitrogens with one attached hydrogen (secondary N) is 1. The first kappa shape index (κ1) is 30.2. The fraction of sp³-hybridized carbons (Fsp3) is 0.750. The Kier molecular flexibility index (Phi) is 14.6. The average Bonchev–Trinajstić information content (AvgIpc) is 2.79. The maximum atomic E-state index is 11.8. The lowest BCUT2D eigenvalue weighted by Gasteiger charge is -2.47. The van der Waals surface area contributed by atoms with Crippen molar-refractivity contribution in [2.24, 2.45) is 5.73 Å². The first-order valence-electron chi connectivity index (χ1n) is 12.1. The van der Waals surface area contributed by atoms with Crippen LogP contribution in [-0.2, 0) is 15.5 Å². The number of carboxylic acids is 1. The summed E-state index contributed by atoms with van der Waals surface area (Å²) in [6, 6.07) is 2.92. The molecule has 2 heterocycles. The van der Waals surface area contributed by atoms with Gasteiger partial charge in [0.2, 0.25) is 0 Å². The van der Waals surface area contributed by atoms with Gasteiger partial charge in [-0.2, -0.15) is 0 Å². The Balaban J connectivity index is 0.000000335. The van der Waals surface area contributed by atoms with Crippen molar-refractivity contribution in [1.82, 2.24) is 10.3 Å². The van der Waals surface area contributed by atoms with E-state index in [9.17, 15) is 9.00 Å². The number of carboxylic acid groups (broad SMARTS) is 1. The van der Waals surface area contributed by atoms with E-state index in [1.54, 1.807) is 19.9 Å². The number of aromatic nitrogens is 1. The van der Waals surface area contributed by atoms with Gasteiger partial charge < -0.3 is 20.9 Å². The normalized spacial score (nSPS) is 20.6. The molecular weight excluding hydrogens is 506 g/mol. The van der Waals surface area contributed by atoms with Crippen molar-refractivity contribution in [2.75, 3.05) is 19.7 Å². The van der Waals surface area contributed by atoms with Crippen LogP contribution in [0.4, 0.5) is 0 Å². The van der Waals surface area contributed by atoms with Gasteiger partial charge in [0.25, 0.3) is 0 Å². The van der Waals surface area contributed by atoms with Gasteiger partial charge in [0, 0.05) is 11.8 Å². The summed E-state index contributed by atoms with van der Waals surface area (Å²) in [7, 11) is -1.29. The minimum absolute atomic E-state index is 0.0706. The van der Waals surface area contributed by atoms with Gasteiger partial charge in [-0.15, -0.1) is 0 Å². The molecular formula is C24H42BrN3O4S. The zero-order valence-corrected chi connectivity index (χ0v) is 23.0. The Morgan fingerprint density at radius 3 is 2.33 bits per heavy atom. The van der Waals surface area contributed by atoms with Gasteiger partial charge in [0.1, 0.15) is 10.7 Å². The quantitative estimate of drug-likeness (QED) is 0.284. The highest BCUT2D eigenvalue weighted by molar-refractivity contribution is 9.10. The predicted molar refractivity (Wildman–Crippen MR) is 138 cm³/mol. The molecule has 0 radical (unpaired) electrons. The van der Waals surface area contributed by atoms with Crippen LogP contribution in [0.5, 0.6) is 0 Å². The number of carbonyl (C=O) groups is 1. The SMILES string of the molecule is CC(C)S(=O)c1nc(C(=O)O)ccc1Br.CCCCCCCCCCNC1(CN)COC1C. The van der Waals surface area contributed by atoms with Crippen LogP contribution in [0, 0.1) is 0 Å². The minimum Gasteiger partial charge on any atom is -0.477 e. The minimum atomic E-state index is -1.29. The summed E-state index contributed by atoms with van der Waals surface area (Å²) in [4.78, 5) is 14.5. The van der Waals surface area contributed by atoms with E-state index in [1.165, 1.54) is 57.4 Å². The van der Waals surface area contributed by atoms with Crippen LogP contribution in [0.15, 0.2) is 21.6 Å². The zero-order valence-electron chi connectivity index (χ0n) is 20.6. The molecule has 0 bridgehead atoms. The van der Waals surface area contributed by atoms with Crippen LogP contribution in [0.25, 0.3) is 0 Å². The van der Waals surface area contributed by atoms with Crippen molar-refractivity contribution < 1.29 is 18.8 Å². The summed E-state index contributed by atoms with van der Waals surface area (Å²) >= 11 is 3.20. The molecule has 0 saturated carbocycles. The fourth-order valence-corrected chi connectivity index (χ4v) is 5.04. The molecule has 0 aromatic carbocycles. The average molecular weight is 549 g/mol. The van der Waals surface area contributed by atoms with E-state index in [2.05, 4.69) is 40.1 Å². The van der Waals surface area contributed by atoms with E-state index in [4.69, 9.17) is 15.6 Å². The molecule has 1 fully saturated rings. The lowest BCUT2D eigenvalue weighted by molar-refractivity contribution is -0.134. The fourth-order valence-electron chi connectivity index (χ4n) is 3.45. The molecule has 0 amide bonds. The van der Waals surface area contributed by atoms with Gasteiger partial charge in [-0.1, -0.05) is 65.7 Å². The van der Waals surface area contributed by atoms with Crippen molar-refractivity contribution in [2.45, 2.75) is 101 Å². The summed E-state index contributed by atoms with van der Waals surface area (Å²) in [6.07, 6.45) is 11.2. The summed E-state index contributed by atoms with van der Waals surface area (Å²) in [5.74, 6) is -1.12. The first-order chi connectivity index (χ1) is 15.7. The smallest absolute Gasteiger partial charge is 0.354 e. The number of halogens is 1. The van der Waals surface area contributed by atoms with Crippen LogP contribution < -0.4 is 11.1 Å². The van der Waals surface area contributed by atoms with Crippen LogP contribution >= 0.6 is 15.9 Å². The molecule has 2 rings (SSSR count). The molecule has 1 saturated heterocycles. The van der Waals surface area contributed by atoms with Crippen molar-refractivity contribution in [3.05, 3.63) is 22.3 Å². The molecule has 0 spiro atoms. The van der Waals surface area contributed by atoms with E-state index in [-0.39, 0.29) is 27.6 Å². The number of hydrogen-bond acceptors (Lipinski definition) is 6. The van der Waals surface area contributed by atoms with Crippen LogP contribution in [0.2, 0.25) is 0 Å². The van der Waals surface area contributed by atoms with Gasteiger partial charge in [0.05, 0.1) is 33.5 Å². The third-order valence-electron chi connectivity index (χ3n) is 5.89. The zero-order chi connectivity index (χ0) is 24.9. The van der Waals surface area contributed by atoms with E-state index >= 15 is 0 Å². The highest BCUT2D eigenvalue weighted by atomic mass is 79.9. The number of ether oxygens (including phenoxy) is 1. The molecule has 1 aliphatic heterocycles. The van der Waals surface area contributed by atoms with Crippen molar-refractivity contribution >= 4 is 32.7 Å². The lowest BCUT2D eigenvalue weighted by Crippen LogP contribution is -2.69. The first-order valence-corrected chi connectivity index (χ1v) is 14.1. The second kappa shape index (κ2) is 15.9. The van der Waals surface area contributed by atoms with Crippen molar-refractivity contribution in [3.8, 4) is 0 Å². The van der Waals surface area contributed by atoms with Crippen molar-refractivity contribution in [3.63, 3.8) is 0 Å². The number of aromatic carboxylic acids is 1. The Hall–Kier alpha value is -0.870. The summed E-state index contributed by atoms with van der Waals surface area (Å²) in [5.41, 5.74) is 5.80. The maximum absolute atomic E-state index is 11.8. The number of unbranched alkanes of at least 4 members (excludes halogenated alkanes) is 7. The van der Waals surface area contributed by atoms with Gasteiger partial charge in [-0.3, -0.25) is 4.21 Å². The lowest BCUT2D eigenvalue weighted by atomic mass is 9.89. The van der Waals surface area contributed by atoms with Gasteiger partial charge >= 0.3 is 5.97 Å². The second-order valence-corrected chi connectivity index (χ2v) is 11.6. The number of hydrogen-bond donors (Lipinski definition) is 3. The van der Waals surface area contributed by atoms with Crippen molar-refractivity contribution in [1.29, 1.82) is 0 Å². The Bertz CT molecular complexity index is 746. The molecule has 3 unspecified atom stereocenters. The van der Waals surface area contributed by atoms with Crippen LogP contribution in [0.1, 0.15) is 89.5 Å². The summed E-state index contributed by atoms with van der Waals surface area (Å²) in [5, 5.41) is 12.5. The number of nitrogens with two attached hydrogens (primary N) is 1. The van der Waals surface area contributed by atoms with Crippen LogP contribution in [-0.4, -0.2) is 56.9 Å². The van der Waals surface area contributed by atoms with Gasteiger partial charge in [-0.25, -0.2) is 9.78 Å². The molecule has 1 aromatic heterocycles. The molecule has 0 aliphatic carbocycles. The molecule has 33 heavy (non-hydrogen) atoms. The maximum Gasteiger partial charge on any atom is 0.354 e. The number of pyridine rings is 1. The van der Waals surface area contributed by atoms with E-state index in [0.29, 0.717) is 11.0 Å². The standard InChI is InChI=1S/C15H32N2O.C9H10BrNO3S/c1-3-4-5-6-7-8-9-10-11-17-15(12-16)13-18-14(15)2;1-5(2)15(14)8-6(10)3-4-7(11-8)9(12)13/h14,17H,3-13,16H2,1-2H3;3-5H,1-2H3,(H,12,13). The molecule has 1 aromatic rings. The Morgan fingerprint density at radius 1 is 1.27 bits per heavy atom. The van der Waals surface area contributed by atoms with E-state index in [1.807, 2.05) is 0 Å². The third kappa shape index (κ3) is 10.1. The monoisotopic (exact) mass is 547 g/mol. The molecule has 1 aliphatic rings. The third-order valence-corrected chi connectivity index (χ3v) is 8.34. The highest BCUT2D eigenvalue weighted by Crippen LogP contribution is 2.24. The topological polar surface area (TPSA) is 115 Å². The number of rotatable bonds is 14. The van der Waals surface area contributed by atoms with E-state index < -0.39 is 16.8 Å². The highest BCUT2D eigenvalue weighted by Gasteiger charge is 2.43. The number of nitrogens with zero attached hydrogens (tertiary/aromatic N) is 1. The predicted octanol–water partition coefficient (Wildman–Crippen LogP) is 4.89. The molecule has 4 N–H and O–H groups in total. The largest absolute Gasteiger partial charge is 0.477 e. The molecule has 3 atom stereocenters. The van der Waals surface area contributed by atoms with Gasteiger partial charge in [-0.05, 0) is 48.0 Å². The van der Waals surface area contributed by atoms with Gasteiger partial charge in [0.15, 0.2) is 0 Å². The molecule has 190 valence electrons. The Labute approximate surface area is 210 Å². The molecule has 9 heteroatoms. The van der Waals surface area contributed by atoms with Crippen LogP contribution in [0.3, 0.4) is 0 Å². The van der Waals surface area contributed by atoms with E-state index in [0.717, 1.165) is 13.2 Å². The summed E-state index contributed by atoms with van der Waals surface area (Å²) < 4.78 is 17.8. The molecule has 7 nitrogen and oxygen atoms in total. The second-order valence-electron chi connectivity index (χ2n) is 8.85. The Morgan fingerprint density at radius 2 is 1.88 bits per heavy atom. The summed E-state index contributed by atoms with van der Waals surface area (Å²) in [6.45, 7) is 10.5.